The van der Waals surface area contributed by atoms with Gasteiger partial charge in [-0.05, 0) is 36.6 Å². The third-order valence-corrected chi connectivity index (χ3v) is 3.85. The minimum Gasteiger partial charge on any atom is -0.465 e. The number of aryl methyl sites for hydroxylation is 1. The van der Waals surface area contributed by atoms with Gasteiger partial charge in [0.1, 0.15) is 0 Å². The maximum absolute atomic E-state index is 11.5. The zero-order valence-electron chi connectivity index (χ0n) is 12.2. The lowest BCUT2D eigenvalue weighted by Crippen LogP contribution is -2.09. The molecule has 1 heterocycles. The largest absolute Gasteiger partial charge is 0.465 e. The predicted octanol–water partition coefficient (Wildman–Crippen LogP) is 3.82. The van der Waals surface area contributed by atoms with E-state index in [-0.39, 0.29) is 5.97 Å². The van der Waals surface area contributed by atoms with Crippen LogP contribution in [0.2, 0.25) is 0 Å². The van der Waals surface area contributed by atoms with E-state index in [0.717, 1.165) is 17.7 Å². The molecule has 1 atom stereocenters. The topological polar surface area (TPSA) is 38.7 Å². The number of nitrogens with zero attached hydrogens (tertiary/aromatic N) is 1. The van der Waals surface area contributed by atoms with Crippen LogP contribution in [0.4, 0.5) is 5.69 Å². The Morgan fingerprint density at radius 1 is 1.19 bits per heavy atom. The van der Waals surface area contributed by atoms with Crippen LogP contribution >= 0.6 is 0 Å². The van der Waals surface area contributed by atoms with Gasteiger partial charge in [-0.3, -0.25) is 4.99 Å². The molecule has 0 spiro atoms. The van der Waals surface area contributed by atoms with Gasteiger partial charge in [0.05, 0.1) is 18.4 Å². The van der Waals surface area contributed by atoms with Crippen molar-refractivity contribution >= 4 is 17.9 Å². The van der Waals surface area contributed by atoms with Gasteiger partial charge in [-0.1, -0.05) is 35.9 Å². The van der Waals surface area contributed by atoms with Gasteiger partial charge < -0.3 is 4.74 Å². The number of aliphatic imine (C=N–C) groups is 1. The molecule has 0 N–H and O–H groups in total. The second-order valence-corrected chi connectivity index (χ2v) is 5.33. The Morgan fingerprint density at radius 2 is 1.95 bits per heavy atom. The van der Waals surface area contributed by atoms with Crippen LogP contribution in [0.5, 0.6) is 0 Å². The first-order valence-electron chi connectivity index (χ1n) is 6.99. The molecule has 3 heteroatoms. The van der Waals surface area contributed by atoms with E-state index in [1.54, 1.807) is 12.1 Å². The Labute approximate surface area is 124 Å². The molecule has 0 saturated carbocycles. The summed E-state index contributed by atoms with van der Waals surface area (Å²) in [6.07, 6.45) is 2.87. The van der Waals surface area contributed by atoms with Crippen LogP contribution < -0.4 is 0 Å². The molecule has 0 bridgehead atoms. The van der Waals surface area contributed by atoms with Crippen LogP contribution in [0.25, 0.3) is 0 Å². The molecule has 0 aliphatic carbocycles. The fourth-order valence-corrected chi connectivity index (χ4v) is 2.58. The number of hydrogen-bond acceptors (Lipinski definition) is 3. The lowest BCUT2D eigenvalue weighted by molar-refractivity contribution is 0.0601. The first-order valence-corrected chi connectivity index (χ1v) is 6.99. The van der Waals surface area contributed by atoms with E-state index in [1.165, 1.54) is 18.2 Å². The van der Waals surface area contributed by atoms with Gasteiger partial charge >= 0.3 is 5.97 Å². The summed E-state index contributed by atoms with van der Waals surface area (Å²) in [6.45, 7) is 2.09. The summed E-state index contributed by atoms with van der Waals surface area (Å²) >= 11 is 0. The van der Waals surface area contributed by atoms with Gasteiger partial charge in [0, 0.05) is 12.1 Å². The highest BCUT2D eigenvalue weighted by Crippen LogP contribution is 2.31. The SMILES string of the molecule is COC(=O)c1ccc2c(c1)N=CC(c1ccc(C)cc1)C2. The lowest BCUT2D eigenvalue weighted by Gasteiger charge is -2.19. The molecule has 2 aromatic rings. The predicted molar refractivity (Wildman–Crippen MR) is 83.6 cm³/mol. The van der Waals surface area contributed by atoms with E-state index >= 15 is 0 Å². The highest BCUT2D eigenvalue weighted by Gasteiger charge is 2.18. The molecule has 1 aliphatic rings. The van der Waals surface area contributed by atoms with Crippen molar-refractivity contribution in [1.82, 2.24) is 0 Å². The highest BCUT2D eigenvalue weighted by atomic mass is 16.5. The quantitative estimate of drug-likeness (QED) is 0.784. The Kier molecular flexibility index (Phi) is 3.57. The second kappa shape index (κ2) is 5.52. The minimum absolute atomic E-state index is 0.294. The molecule has 3 rings (SSSR count). The average Bonchev–Trinajstić information content (AvgIpc) is 2.54. The molecular weight excluding hydrogens is 262 g/mol. The van der Waals surface area contributed by atoms with Gasteiger partial charge in [0.15, 0.2) is 0 Å². The molecular formula is C18H17NO2. The zero-order chi connectivity index (χ0) is 14.8. The average molecular weight is 279 g/mol. The smallest absolute Gasteiger partial charge is 0.337 e. The Hall–Kier alpha value is -2.42. The van der Waals surface area contributed by atoms with E-state index in [2.05, 4.69) is 36.2 Å². The number of carbonyl (C=O) groups excluding carboxylic acids is 1. The summed E-state index contributed by atoms with van der Waals surface area (Å²) < 4.78 is 4.74. The number of ether oxygens (including phenoxy) is 1. The third-order valence-electron chi connectivity index (χ3n) is 3.85. The number of hydrogen-bond donors (Lipinski definition) is 0. The number of fused-ring (bicyclic) bond motifs is 1. The molecule has 0 amide bonds. The van der Waals surface area contributed by atoms with Crippen LogP contribution in [0.3, 0.4) is 0 Å². The molecule has 0 fully saturated rings. The molecule has 1 aliphatic heterocycles. The van der Waals surface area contributed by atoms with E-state index in [4.69, 9.17) is 4.74 Å². The van der Waals surface area contributed by atoms with Crippen molar-refractivity contribution in [2.75, 3.05) is 7.11 Å². The van der Waals surface area contributed by atoms with Crippen molar-refractivity contribution < 1.29 is 9.53 Å². The Bertz CT molecular complexity index is 702. The van der Waals surface area contributed by atoms with Gasteiger partial charge in [0.25, 0.3) is 0 Å². The standard InChI is InChI=1S/C18H17NO2/c1-12-3-5-13(6-4-12)16-9-14-7-8-15(18(20)21-2)10-17(14)19-11-16/h3-8,10-11,16H,9H2,1-2H3. The molecule has 21 heavy (non-hydrogen) atoms. The summed E-state index contributed by atoms with van der Waals surface area (Å²) in [5.41, 5.74) is 5.10. The van der Waals surface area contributed by atoms with E-state index in [1.807, 2.05) is 12.3 Å². The second-order valence-electron chi connectivity index (χ2n) is 5.33. The number of benzene rings is 2. The summed E-state index contributed by atoms with van der Waals surface area (Å²) in [5.74, 6) is -0.0317. The van der Waals surface area contributed by atoms with Gasteiger partial charge in [-0.15, -0.1) is 0 Å². The summed E-state index contributed by atoms with van der Waals surface area (Å²) in [4.78, 5) is 16.1. The first kappa shape index (κ1) is 13.6. The van der Waals surface area contributed by atoms with Crippen molar-refractivity contribution in [3.63, 3.8) is 0 Å². The molecule has 3 nitrogen and oxygen atoms in total. The van der Waals surface area contributed by atoms with Crippen LogP contribution in [0.1, 0.15) is 33.0 Å². The number of methoxy groups -OCH3 is 1. The van der Waals surface area contributed by atoms with Crippen molar-refractivity contribution in [1.29, 1.82) is 0 Å². The monoisotopic (exact) mass is 279 g/mol. The third kappa shape index (κ3) is 2.72. The van der Waals surface area contributed by atoms with Gasteiger partial charge in [-0.25, -0.2) is 4.79 Å². The van der Waals surface area contributed by atoms with Gasteiger partial charge in [-0.2, -0.15) is 0 Å². The molecule has 2 aromatic carbocycles. The summed E-state index contributed by atoms with van der Waals surface area (Å²) in [7, 11) is 1.39. The van der Waals surface area contributed by atoms with Crippen LogP contribution in [0, 0.1) is 6.92 Å². The molecule has 1 unspecified atom stereocenters. The lowest BCUT2D eigenvalue weighted by atomic mass is 9.89. The number of rotatable bonds is 2. The van der Waals surface area contributed by atoms with Crippen molar-refractivity contribution in [3.8, 4) is 0 Å². The van der Waals surface area contributed by atoms with Gasteiger partial charge in [0.2, 0.25) is 0 Å². The van der Waals surface area contributed by atoms with E-state index in [9.17, 15) is 4.79 Å². The van der Waals surface area contributed by atoms with Crippen molar-refractivity contribution in [2.24, 2.45) is 4.99 Å². The maximum Gasteiger partial charge on any atom is 0.337 e. The van der Waals surface area contributed by atoms with E-state index in [0.29, 0.717) is 11.5 Å². The number of carbonyl (C=O) groups is 1. The molecule has 106 valence electrons. The van der Waals surface area contributed by atoms with Crippen LogP contribution in [-0.4, -0.2) is 19.3 Å². The Balaban J connectivity index is 1.87. The number of esters is 1. The molecule has 0 radical (unpaired) electrons. The fraction of sp³-hybridized carbons (Fsp3) is 0.222. The molecule has 0 aromatic heterocycles. The minimum atomic E-state index is -0.325. The van der Waals surface area contributed by atoms with Crippen molar-refractivity contribution in [3.05, 3.63) is 64.7 Å². The van der Waals surface area contributed by atoms with Crippen molar-refractivity contribution in [2.45, 2.75) is 19.3 Å². The molecule has 0 saturated heterocycles. The van der Waals surface area contributed by atoms with Crippen LogP contribution in [-0.2, 0) is 11.2 Å². The summed E-state index contributed by atoms with van der Waals surface area (Å²) in [5, 5.41) is 0. The normalized spacial score (nSPS) is 16.4. The summed E-state index contributed by atoms with van der Waals surface area (Å²) in [6, 6.07) is 14.1. The zero-order valence-corrected chi connectivity index (χ0v) is 12.2. The Morgan fingerprint density at radius 3 is 2.67 bits per heavy atom. The fourth-order valence-electron chi connectivity index (χ4n) is 2.58. The highest BCUT2D eigenvalue weighted by molar-refractivity contribution is 5.91. The maximum atomic E-state index is 11.5. The van der Waals surface area contributed by atoms with Crippen LogP contribution in [0.15, 0.2) is 47.5 Å². The first-order chi connectivity index (χ1) is 10.2. The van der Waals surface area contributed by atoms with E-state index < -0.39 is 0 Å².